The number of amides is 3. The number of carbonyl (C=O) groups excluding carboxylic acids is 4. The number of likely N-dealkylation sites (tertiary alicyclic amines) is 1. The molecule has 0 radical (unpaired) electrons. The van der Waals surface area contributed by atoms with Crippen LogP contribution in [-0.4, -0.2) is 53.1 Å². The van der Waals surface area contributed by atoms with Crippen molar-refractivity contribution in [3.8, 4) is 0 Å². The third-order valence-electron chi connectivity index (χ3n) is 5.66. The predicted octanol–water partition coefficient (Wildman–Crippen LogP) is 2.97. The van der Waals surface area contributed by atoms with Crippen molar-refractivity contribution in [3.05, 3.63) is 71.3 Å². The first-order chi connectivity index (χ1) is 15.1. The van der Waals surface area contributed by atoms with Crippen molar-refractivity contribution in [3.63, 3.8) is 0 Å². The van der Waals surface area contributed by atoms with Gasteiger partial charge in [-0.05, 0) is 31.4 Å². The fourth-order valence-electron chi connectivity index (χ4n) is 4.00. The fraction of sp³-hybridized carbons (Fsp3) is 0.333. The topological polar surface area (TPSA) is 84.0 Å². The van der Waals surface area contributed by atoms with Crippen LogP contribution in [0.25, 0.3) is 0 Å². The SMILES string of the molecule is O=C(CCN1C(=O)c2ccccc2C1=O)O[C@@H](C(=O)N1CCCCC1)c1ccccc1. The smallest absolute Gasteiger partial charge is 0.308 e. The number of piperidine rings is 1. The summed E-state index contributed by atoms with van der Waals surface area (Å²) in [4.78, 5) is 53.4. The number of esters is 1. The summed E-state index contributed by atoms with van der Waals surface area (Å²) in [5.74, 6) is -1.70. The maximum Gasteiger partial charge on any atom is 0.308 e. The lowest BCUT2D eigenvalue weighted by Gasteiger charge is -2.30. The van der Waals surface area contributed by atoms with E-state index in [-0.39, 0.29) is 18.9 Å². The van der Waals surface area contributed by atoms with Crippen LogP contribution in [0.1, 0.15) is 58.1 Å². The zero-order valence-electron chi connectivity index (χ0n) is 17.2. The van der Waals surface area contributed by atoms with Gasteiger partial charge in [-0.15, -0.1) is 0 Å². The molecule has 0 saturated carbocycles. The maximum absolute atomic E-state index is 13.1. The molecular weight excluding hydrogens is 396 g/mol. The molecule has 0 spiro atoms. The normalized spacial score (nSPS) is 16.8. The highest BCUT2D eigenvalue weighted by Crippen LogP contribution is 2.25. The third kappa shape index (κ3) is 4.35. The van der Waals surface area contributed by atoms with E-state index in [1.807, 2.05) is 6.07 Å². The molecule has 0 aliphatic carbocycles. The Morgan fingerprint density at radius 1 is 0.839 bits per heavy atom. The summed E-state index contributed by atoms with van der Waals surface area (Å²) in [5.41, 5.74) is 1.28. The molecule has 1 atom stereocenters. The Hall–Kier alpha value is -3.48. The van der Waals surface area contributed by atoms with Gasteiger partial charge in [-0.25, -0.2) is 0 Å². The lowest BCUT2D eigenvalue weighted by atomic mass is 10.1. The first-order valence-corrected chi connectivity index (χ1v) is 10.5. The lowest BCUT2D eigenvalue weighted by Crippen LogP contribution is -2.40. The minimum atomic E-state index is -1.03. The summed E-state index contributed by atoms with van der Waals surface area (Å²) in [6.45, 7) is 1.20. The van der Waals surface area contributed by atoms with Crippen molar-refractivity contribution in [1.82, 2.24) is 9.80 Å². The maximum atomic E-state index is 13.1. The average Bonchev–Trinajstić information content (AvgIpc) is 3.06. The highest BCUT2D eigenvalue weighted by atomic mass is 16.5. The number of hydrogen-bond donors (Lipinski definition) is 0. The van der Waals surface area contributed by atoms with E-state index in [9.17, 15) is 19.2 Å². The molecule has 31 heavy (non-hydrogen) atoms. The second-order valence-electron chi connectivity index (χ2n) is 7.72. The van der Waals surface area contributed by atoms with Gasteiger partial charge in [0.15, 0.2) is 0 Å². The number of carbonyl (C=O) groups is 4. The Labute approximate surface area is 180 Å². The number of fused-ring (bicyclic) bond motifs is 1. The van der Waals surface area contributed by atoms with Gasteiger partial charge in [0, 0.05) is 25.2 Å². The molecule has 2 aromatic carbocycles. The zero-order chi connectivity index (χ0) is 21.8. The largest absolute Gasteiger partial charge is 0.447 e. The molecule has 0 bridgehead atoms. The van der Waals surface area contributed by atoms with E-state index in [0.717, 1.165) is 24.2 Å². The molecule has 2 aliphatic rings. The molecule has 3 amide bonds. The Kier molecular flexibility index (Phi) is 6.11. The molecule has 4 rings (SSSR count). The summed E-state index contributed by atoms with van der Waals surface area (Å²) in [6, 6.07) is 15.5. The molecule has 7 nitrogen and oxygen atoms in total. The summed E-state index contributed by atoms with van der Waals surface area (Å²) in [7, 11) is 0. The van der Waals surface area contributed by atoms with Crippen LogP contribution in [0.15, 0.2) is 54.6 Å². The fourth-order valence-corrected chi connectivity index (χ4v) is 4.00. The summed E-state index contributed by atoms with van der Waals surface area (Å²) in [5, 5.41) is 0. The van der Waals surface area contributed by atoms with Crippen LogP contribution >= 0.6 is 0 Å². The van der Waals surface area contributed by atoms with Gasteiger partial charge < -0.3 is 9.64 Å². The third-order valence-corrected chi connectivity index (χ3v) is 5.66. The molecule has 2 heterocycles. The highest BCUT2D eigenvalue weighted by Gasteiger charge is 2.36. The molecule has 1 saturated heterocycles. The quantitative estimate of drug-likeness (QED) is 0.530. The van der Waals surface area contributed by atoms with Gasteiger partial charge in [-0.2, -0.15) is 0 Å². The first kappa shape index (κ1) is 20.8. The number of imide groups is 1. The van der Waals surface area contributed by atoms with E-state index >= 15 is 0 Å². The zero-order valence-corrected chi connectivity index (χ0v) is 17.2. The number of ether oxygens (including phenoxy) is 1. The van der Waals surface area contributed by atoms with Crippen LogP contribution in [-0.2, 0) is 14.3 Å². The van der Waals surface area contributed by atoms with Gasteiger partial charge >= 0.3 is 5.97 Å². The van der Waals surface area contributed by atoms with E-state index in [1.165, 1.54) is 0 Å². The van der Waals surface area contributed by atoms with Gasteiger partial charge in [0.1, 0.15) is 0 Å². The van der Waals surface area contributed by atoms with Crippen LogP contribution in [0.2, 0.25) is 0 Å². The summed E-state index contributed by atoms with van der Waals surface area (Å²) < 4.78 is 5.58. The Morgan fingerprint density at radius 2 is 1.42 bits per heavy atom. The van der Waals surface area contributed by atoms with E-state index in [0.29, 0.717) is 29.8 Å². The molecule has 7 heteroatoms. The number of nitrogens with zero attached hydrogens (tertiary/aromatic N) is 2. The standard InChI is InChI=1S/C24H24N2O5/c27-20(13-16-26-22(28)18-11-5-6-12-19(18)23(26)29)31-21(17-9-3-1-4-10-17)24(30)25-14-7-2-8-15-25/h1,3-6,9-12,21H,2,7-8,13-16H2/t21-/m1/s1. The molecule has 0 aromatic heterocycles. The van der Waals surface area contributed by atoms with Gasteiger partial charge in [0.2, 0.25) is 6.10 Å². The van der Waals surface area contributed by atoms with Crippen molar-refractivity contribution in [2.24, 2.45) is 0 Å². The van der Waals surface area contributed by atoms with Crippen LogP contribution < -0.4 is 0 Å². The van der Waals surface area contributed by atoms with Gasteiger partial charge in [0.05, 0.1) is 17.5 Å². The number of hydrogen-bond acceptors (Lipinski definition) is 5. The van der Waals surface area contributed by atoms with Crippen molar-refractivity contribution >= 4 is 23.7 Å². The second-order valence-corrected chi connectivity index (χ2v) is 7.72. The number of rotatable bonds is 6. The average molecular weight is 420 g/mol. The van der Waals surface area contributed by atoms with E-state index in [4.69, 9.17) is 4.74 Å². The predicted molar refractivity (Wildman–Crippen MR) is 112 cm³/mol. The van der Waals surface area contributed by atoms with Gasteiger partial charge in [-0.1, -0.05) is 42.5 Å². The van der Waals surface area contributed by atoms with E-state index in [2.05, 4.69) is 0 Å². The lowest BCUT2D eigenvalue weighted by molar-refractivity contribution is -0.161. The molecule has 160 valence electrons. The van der Waals surface area contributed by atoms with Crippen LogP contribution in [0.3, 0.4) is 0 Å². The molecule has 0 unspecified atom stereocenters. The summed E-state index contributed by atoms with van der Waals surface area (Å²) >= 11 is 0. The molecule has 2 aromatic rings. The molecule has 1 fully saturated rings. The van der Waals surface area contributed by atoms with Crippen molar-refractivity contribution in [2.45, 2.75) is 31.8 Å². The first-order valence-electron chi connectivity index (χ1n) is 10.5. The molecular formula is C24H24N2O5. The van der Waals surface area contributed by atoms with Gasteiger partial charge in [-0.3, -0.25) is 24.1 Å². The minimum Gasteiger partial charge on any atom is -0.447 e. The van der Waals surface area contributed by atoms with Crippen molar-refractivity contribution in [2.75, 3.05) is 19.6 Å². The van der Waals surface area contributed by atoms with Crippen LogP contribution in [0, 0.1) is 0 Å². The molecule has 0 N–H and O–H groups in total. The van der Waals surface area contributed by atoms with Crippen molar-refractivity contribution < 1.29 is 23.9 Å². The monoisotopic (exact) mass is 420 g/mol. The minimum absolute atomic E-state index is 0.0927. The Balaban J connectivity index is 1.43. The highest BCUT2D eigenvalue weighted by molar-refractivity contribution is 6.21. The number of benzene rings is 2. The van der Waals surface area contributed by atoms with E-state index in [1.54, 1.807) is 53.4 Å². The Bertz CT molecular complexity index is 963. The molecule has 2 aliphatic heterocycles. The summed E-state index contributed by atoms with van der Waals surface area (Å²) in [6.07, 6.45) is 1.73. The van der Waals surface area contributed by atoms with Crippen LogP contribution in [0.5, 0.6) is 0 Å². The van der Waals surface area contributed by atoms with Crippen LogP contribution in [0.4, 0.5) is 0 Å². The van der Waals surface area contributed by atoms with Crippen molar-refractivity contribution in [1.29, 1.82) is 0 Å². The second kappa shape index (κ2) is 9.12. The Morgan fingerprint density at radius 3 is 2.03 bits per heavy atom. The van der Waals surface area contributed by atoms with Gasteiger partial charge in [0.25, 0.3) is 17.7 Å². The van der Waals surface area contributed by atoms with E-state index < -0.39 is 23.9 Å².